The third-order valence-corrected chi connectivity index (χ3v) is 6.65. The fourth-order valence-electron chi connectivity index (χ4n) is 3.98. The number of hydrogen-bond donors (Lipinski definition) is 1. The van der Waals surface area contributed by atoms with E-state index in [1.807, 2.05) is 0 Å². The van der Waals surface area contributed by atoms with Gasteiger partial charge in [0.2, 0.25) is 15.9 Å². The minimum Gasteiger partial charge on any atom is -0.389 e. The van der Waals surface area contributed by atoms with Gasteiger partial charge in [0, 0.05) is 46.8 Å². The first-order valence-corrected chi connectivity index (χ1v) is 11.1. The fourth-order valence-corrected chi connectivity index (χ4v) is 4.84. The lowest BCUT2D eigenvalue weighted by Crippen LogP contribution is -2.46. The minimum absolute atomic E-state index is 0.0617. The molecule has 25 heavy (non-hydrogen) atoms. The topological polar surface area (TPSA) is 81.2 Å². The summed E-state index contributed by atoms with van der Waals surface area (Å²) >= 11 is 0. The molecule has 0 bridgehead atoms. The molecule has 8 heteroatoms. The van der Waals surface area contributed by atoms with Crippen LogP contribution >= 0.6 is 0 Å². The van der Waals surface area contributed by atoms with E-state index < -0.39 is 21.5 Å². The Bertz CT molecular complexity index is 556. The van der Waals surface area contributed by atoms with Crippen molar-refractivity contribution in [1.82, 2.24) is 14.1 Å². The predicted octanol–water partition coefficient (Wildman–Crippen LogP) is 0.353. The van der Waals surface area contributed by atoms with Gasteiger partial charge in [-0.2, -0.15) is 0 Å². The van der Waals surface area contributed by atoms with Gasteiger partial charge in [-0.25, -0.2) is 12.7 Å². The lowest BCUT2D eigenvalue weighted by atomic mass is 9.93. The van der Waals surface area contributed by atoms with E-state index in [-0.39, 0.29) is 12.5 Å². The normalized spacial score (nSPS) is 26.6. The van der Waals surface area contributed by atoms with Crippen LogP contribution in [0.25, 0.3) is 0 Å². The van der Waals surface area contributed by atoms with Crippen molar-refractivity contribution in [3.63, 3.8) is 0 Å². The average Bonchev–Trinajstić information content (AvgIpc) is 2.84. The Labute approximate surface area is 152 Å². The summed E-state index contributed by atoms with van der Waals surface area (Å²) < 4.78 is 25.4. The maximum atomic E-state index is 12.5. The van der Waals surface area contributed by atoms with E-state index in [9.17, 15) is 18.3 Å². The molecule has 1 atom stereocenters. The van der Waals surface area contributed by atoms with Crippen molar-refractivity contribution in [3.05, 3.63) is 0 Å². The average molecular weight is 376 g/mol. The molecule has 0 spiro atoms. The van der Waals surface area contributed by atoms with Crippen molar-refractivity contribution in [1.29, 1.82) is 0 Å². The molecule has 1 amide bonds. The lowest BCUT2D eigenvalue weighted by Gasteiger charge is -2.34. The van der Waals surface area contributed by atoms with E-state index in [0.717, 1.165) is 38.5 Å². The van der Waals surface area contributed by atoms with Crippen LogP contribution in [0.4, 0.5) is 0 Å². The van der Waals surface area contributed by atoms with Crippen molar-refractivity contribution in [3.8, 4) is 0 Å². The highest BCUT2D eigenvalue weighted by Crippen LogP contribution is 2.28. The molecule has 0 unspecified atom stereocenters. The summed E-state index contributed by atoms with van der Waals surface area (Å²) in [6.07, 6.45) is 7.13. The quantitative estimate of drug-likeness (QED) is 0.717. The van der Waals surface area contributed by atoms with Crippen LogP contribution in [0.1, 0.15) is 38.5 Å². The summed E-state index contributed by atoms with van der Waals surface area (Å²) in [5.41, 5.74) is -0.720. The van der Waals surface area contributed by atoms with Gasteiger partial charge >= 0.3 is 0 Å². The Balaban J connectivity index is 2.14. The van der Waals surface area contributed by atoms with Gasteiger partial charge in [-0.15, -0.1) is 0 Å². The Morgan fingerprint density at radius 2 is 1.72 bits per heavy atom. The number of aliphatic hydroxyl groups is 1. The summed E-state index contributed by atoms with van der Waals surface area (Å²) in [4.78, 5) is 16.1. The van der Waals surface area contributed by atoms with E-state index in [1.165, 1.54) is 15.5 Å². The first kappa shape index (κ1) is 20.6. The highest BCUT2D eigenvalue weighted by molar-refractivity contribution is 7.88. The van der Waals surface area contributed by atoms with Gasteiger partial charge in [0.25, 0.3) is 0 Å². The largest absolute Gasteiger partial charge is 0.389 e. The van der Waals surface area contributed by atoms with E-state index in [1.54, 1.807) is 14.1 Å². The highest BCUT2D eigenvalue weighted by atomic mass is 32.2. The zero-order chi connectivity index (χ0) is 18.7. The van der Waals surface area contributed by atoms with Gasteiger partial charge in [0.15, 0.2) is 0 Å². The van der Waals surface area contributed by atoms with Crippen LogP contribution in [0.5, 0.6) is 0 Å². The zero-order valence-corrected chi connectivity index (χ0v) is 16.6. The molecule has 1 saturated carbocycles. The number of hydrogen-bond acceptors (Lipinski definition) is 5. The van der Waals surface area contributed by atoms with E-state index in [2.05, 4.69) is 4.90 Å². The van der Waals surface area contributed by atoms with Crippen LogP contribution < -0.4 is 0 Å². The summed E-state index contributed by atoms with van der Waals surface area (Å²) in [7, 11) is 0.0458. The minimum atomic E-state index is -3.35. The van der Waals surface area contributed by atoms with Gasteiger partial charge < -0.3 is 10.0 Å². The van der Waals surface area contributed by atoms with Gasteiger partial charge in [0.1, 0.15) is 0 Å². The molecule has 0 radical (unpaired) electrons. The van der Waals surface area contributed by atoms with Crippen LogP contribution in [0, 0.1) is 5.92 Å². The maximum absolute atomic E-state index is 12.5. The fraction of sp³-hybridized carbons (Fsp3) is 0.941. The van der Waals surface area contributed by atoms with Gasteiger partial charge in [0.05, 0.1) is 17.8 Å². The van der Waals surface area contributed by atoms with E-state index in [0.29, 0.717) is 26.2 Å². The SMILES string of the molecule is CN(C)C(=O)[C@@H]1CN(CC2(O)CCCCCC2)CCN(S(C)(=O)=O)C1. The van der Waals surface area contributed by atoms with Crippen molar-refractivity contribution in [2.75, 3.05) is 53.1 Å². The monoisotopic (exact) mass is 375 g/mol. The van der Waals surface area contributed by atoms with Crippen molar-refractivity contribution < 1.29 is 18.3 Å². The summed E-state index contributed by atoms with van der Waals surface area (Å²) in [6, 6.07) is 0. The number of rotatable bonds is 4. The molecule has 1 saturated heterocycles. The number of sulfonamides is 1. The third-order valence-electron chi connectivity index (χ3n) is 5.38. The summed E-state index contributed by atoms with van der Waals surface area (Å²) in [6.45, 7) is 2.14. The molecular weight excluding hydrogens is 342 g/mol. The van der Waals surface area contributed by atoms with E-state index in [4.69, 9.17) is 0 Å². The number of β-amino-alcohol motifs (C(OH)–C–C–N with tert-alkyl or cyclic N) is 1. The van der Waals surface area contributed by atoms with Crippen LogP contribution in [-0.2, 0) is 14.8 Å². The lowest BCUT2D eigenvalue weighted by molar-refractivity contribution is -0.133. The molecule has 2 aliphatic rings. The molecule has 1 N–H and O–H groups in total. The Morgan fingerprint density at radius 1 is 1.12 bits per heavy atom. The van der Waals surface area contributed by atoms with Crippen LogP contribution in [-0.4, -0.2) is 92.2 Å². The summed E-state index contributed by atoms with van der Waals surface area (Å²) in [5, 5.41) is 11.0. The molecule has 146 valence electrons. The molecule has 1 aliphatic heterocycles. The Hall–Kier alpha value is -0.700. The number of carbonyl (C=O) groups is 1. The molecule has 2 fully saturated rings. The second-order valence-electron chi connectivity index (χ2n) is 7.92. The Kier molecular flexibility index (Phi) is 6.87. The summed E-state index contributed by atoms with van der Waals surface area (Å²) in [5.74, 6) is -0.463. The second-order valence-corrected chi connectivity index (χ2v) is 9.91. The number of nitrogens with zero attached hydrogens (tertiary/aromatic N) is 3. The van der Waals surface area contributed by atoms with Gasteiger partial charge in [-0.3, -0.25) is 9.69 Å². The van der Waals surface area contributed by atoms with E-state index >= 15 is 0 Å². The molecule has 0 aromatic rings. The van der Waals surface area contributed by atoms with Gasteiger partial charge in [-0.1, -0.05) is 25.7 Å². The molecule has 1 heterocycles. The van der Waals surface area contributed by atoms with Gasteiger partial charge in [-0.05, 0) is 12.8 Å². The molecule has 1 aliphatic carbocycles. The maximum Gasteiger partial charge on any atom is 0.227 e. The van der Waals surface area contributed by atoms with Crippen molar-refractivity contribution in [2.45, 2.75) is 44.1 Å². The standard InChI is InChI=1S/C17H33N3O4S/c1-18(2)16(21)15-12-19(10-11-20(13-15)25(3,23)24)14-17(22)8-6-4-5-7-9-17/h15,22H,4-14H2,1-3H3/t15-/m1/s1. The van der Waals surface area contributed by atoms with Crippen molar-refractivity contribution >= 4 is 15.9 Å². The number of carbonyl (C=O) groups excluding carboxylic acids is 1. The van der Waals surface area contributed by atoms with Crippen LogP contribution in [0.15, 0.2) is 0 Å². The molecular formula is C17H33N3O4S. The zero-order valence-electron chi connectivity index (χ0n) is 15.8. The first-order valence-electron chi connectivity index (χ1n) is 9.22. The Morgan fingerprint density at radius 3 is 2.24 bits per heavy atom. The van der Waals surface area contributed by atoms with Crippen LogP contribution in [0.3, 0.4) is 0 Å². The second kappa shape index (κ2) is 8.33. The predicted molar refractivity (Wildman–Crippen MR) is 97.7 cm³/mol. The van der Waals surface area contributed by atoms with Crippen molar-refractivity contribution in [2.24, 2.45) is 5.92 Å². The highest BCUT2D eigenvalue weighted by Gasteiger charge is 2.36. The smallest absolute Gasteiger partial charge is 0.227 e. The molecule has 7 nitrogen and oxygen atoms in total. The molecule has 0 aromatic carbocycles. The third kappa shape index (κ3) is 5.91. The molecule has 0 aromatic heterocycles. The first-order chi connectivity index (χ1) is 11.6. The van der Waals surface area contributed by atoms with Crippen LogP contribution in [0.2, 0.25) is 0 Å². The molecule has 2 rings (SSSR count). The number of amides is 1.